The van der Waals surface area contributed by atoms with Gasteiger partial charge in [-0.1, -0.05) is 0 Å². The van der Waals surface area contributed by atoms with Gasteiger partial charge in [-0.05, 0) is 62.4 Å². The summed E-state index contributed by atoms with van der Waals surface area (Å²) in [5, 5.41) is 7.24. The minimum Gasteiger partial charge on any atom is -0.493 e. The first-order valence-electron chi connectivity index (χ1n) is 10.7. The van der Waals surface area contributed by atoms with Crippen molar-refractivity contribution in [1.29, 1.82) is 0 Å². The van der Waals surface area contributed by atoms with Gasteiger partial charge in [0.1, 0.15) is 11.5 Å². The van der Waals surface area contributed by atoms with E-state index < -0.39 is 0 Å². The van der Waals surface area contributed by atoms with E-state index in [4.69, 9.17) is 24.7 Å². The number of carbonyl (C=O) groups is 1. The molecular weight excluding hydrogens is 426 g/mol. The first-order chi connectivity index (χ1) is 16.0. The topological polar surface area (TPSA) is 123 Å². The number of nitrogens with two attached hydrogens (primary N) is 1. The third kappa shape index (κ3) is 5.99. The molecule has 3 N–H and O–H groups in total. The van der Waals surface area contributed by atoms with Gasteiger partial charge in [-0.2, -0.15) is 9.67 Å². The summed E-state index contributed by atoms with van der Waals surface area (Å²) in [6, 6.07) is 14.1. The Bertz CT molecular complexity index is 1060. The van der Waals surface area contributed by atoms with Crippen molar-refractivity contribution in [2.45, 2.75) is 32.7 Å². The fourth-order valence-electron chi connectivity index (χ4n) is 3.21. The number of nitrogen functional groups attached to an aromatic ring is 1. The number of hydrogen-bond donors (Lipinski definition) is 2. The van der Waals surface area contributed by atoms with Crippen LogP contribution in [0, 0.1) is 0 Å². The van der Waals surface area contributed by atoms with Crippen LogP contribution < -0.4 is 20.5 Å². The van der Waals surface area contributed by atoms with E-state index >= 15 is 0 Å². The number of hydrogen-bond acceptors (Lipinski definition) is 9. The average molecular weight is 453 g/mol. The van der Waals surface area contributed by atoms with Crippen molar-refractivity contribution in [1.82, 2.24) is 14.8 Å². The Morgan fingerprint density at radius 2 is 1.79 bits per heavy atom. The van der Waals surface area contributed by atoms with Crippen LogP contribution in [0.5, 0.6) is 11.5 Å². The maximum Gasteiger partial charge on any atom is 0.281 e. The van der Waals surface area contributed by atoms with Gasteiger partial charge >= 0.3 is 0 Å². The summed E-state index contributed by atoms with van der Waals surface area (Å²) in [7, 11) is 0. The van der Waals surface area contributed by atoms with Crippen molar-refractivity contribution < 1.29 is 23.7 Å². The lowest BCUT2D eigenvalue weighted by atomic mass is 10.2. The molecule has 1 aliphatic rings. The highest BCUT2D eigenvalue weighted by Crippen LogP contribution is 2.21. The van der Waals surface area contributed by atoms with E-state index in [0.717, 1.165) is 16.1 Å². The number of nitrogens with zero attached hydrogens (tertiary/aromatic N) is 3. The van der Waals surface area contributed by atoms with Gasteiger partial charge < -0.3 is 30.0 Å². The van der Waals surface area contributed by atoms with Crippen LogP contribution >= 0.6 is 0 Å². The summed E-state index contributed by atoms with van der Waals surface area (Å²) in [4.78, 5) is 16.9. The van der Waals surface area contributed by atoms with E-state index in [1.807, 2.05) is 38.1 Å². The third-order valence-corrected chi connectivity index (χ3v) is 4.72. The van der Waals surface area contributed by atoms with E-state index in [-0.39, 0.29) is 30.2 Å². The Hall–Kier alpha value is -3.63. The van der Waals surface area contributed by atoms with Crippen molar-refractivity contribution in [3.05, 3.63) is 54.1 Å². The zero-order valence-electron chi connectivity index (χ0n) is 18.6. The molecule has 1 fully saturated rings. The smallest absolute Gasteiger partial charge is 0.281 e. The fraction of sp³-hybridized carbons (Fsp3) is 0.348. The summed E-state index contributed by atoms with van der Waals surface area (Å²) >= 11 is 0. The zero-order valence-corrected chi connectivity index (χ0v) is 18.6. The van der Waals surface area contributed by atoms with Crippen molar-refractivity contribution in [3.63, 3.8) is 0 Å². The monoisotopic (exact) mass is 453 g/mol. The molecule has 0 radical (unpaired) electrons. The molecule has 1 aromatic heterocycles. The van der Waals surface area contributed by atoms with E-state index in [2.05, 4.69) is 15.4 Å². The predicted molar refractivity (Wildman–Crippen MR) is 122 cm³/mol. The number of nitrogens with one attached hydrogen (secondary N) is 1. The summed E-state index contributed by atoms with van der Waals surface area (Å²) in [6.07, 6.45) is 0.529. The van der Waals surface area contributed by atoms with Crippen LogP contribution in [0.4, 0.5) is 17.6 Å². The maximum absolute atomic E-state index is 12.8. The second kappa shape index (κ2) is 10.3. The number of benzene rings is 2. The third-order valence-electron chi connectivity index (χ3n) is 4.72. The number of anilines is 3. The lowest BCUT2D eigenvalue weighted by molar-refractivity contribution is -0.0531. The largest absolute Gasteiger partial charge is 0.493 e. The molecule has 1 aliphatic heterocycles. The van der Waals surface area contributed by atoms with Crippen molar-refractivity contribution in [2.75, 3.05) is 30.9 Å². The minimum absolute atomic E-state index is 0.0127. The first-order valence-corrected chi connectivity index (χ1v) is 10.7. The van der Waals surface area contributed by atoms with Crippen LogP contribution in [-0.4, -0.2) is 52.9 Å². The molecule has 0 atom stereocenters. The highest BCUT2D eigenvalue weighted by atomic mass is 16.7. The molecule has 10 heteroatoms. The van der Waals surface area contributed by atoms with E-state index in [9.17, 15) is 4.79 Å². The van der Waals surface area contributed by atoms with Gasteiger partial charge in [0, 0.05) is 17.7 Å². The summed E-state index contributed by atoms with van der Waals surface area (Å²) in [5.41, 5.74) is 7.07. The minimum atomic E-state index is -0.386. The van der Waals surface area contributed by atoms with Gasteiger partial charge in [0.2, 0.25) is 11.9 Å². The second-order valence-electron chi connectivity index (χ2n) is 7.66. The van der Waals surface area contributed by atoms with Crippen LogP contribution in [0.1, 0.15) is 30.6 Å². The SMILES string of the molecule is CC(C)Oc1ccc(C(=O)n2nc(Nc3ccc(OCCC4OCCO4)cc3)nc2N)cc1. The molecule has 3 aromatic rings. The van der Waals surface area contributed by atoms with Crippen molar-refractivity contribution in [3.8, 4) is 11.5 Å². The molecule has 0 spiro atoms. The summed E-state index contributed by atoms with van der Waals surface area (Å²) in [6.45, 7) is 5.63. The second-order valence-corrected chi connectivity index (χ2v) is 7.66. The molecule has 0 amide bonds. The van der Waals surface area contributed by atoms with Gasteiger partial charge in [-0.15, -0.1) is 5.10 Å². The molecule has 1 saturated heterocycles. The lowest BCUT2D eigenvalue weighted by Gasteiger charge is -2.10. The highest BCUT2D eigenvalue weighted by molar-refractivity contribution is 5.97. The van der Waals surface area contributed by atoms with Crippen LogP contribution in [0.2, 0.25) is 0 Å². The molecular formula is C23H27N5O5. The summed E-state index contributed by atoms with van der Waals surface area (Å²) < 4.78 is 23.1. The number of rotatable bonds is 9. The van der Waals surface area contributed by atoms with Crippen LogP contribution in [0.25, 0.3) is 0 Å². The molecule has 0 aliphatic carbocycles. The zero-order chi connectivity index (χ0) is 23.2. The lowest BCUT2D eigenvalue weighted by Crippen LogP contribution is -2.16. The fourth-order valence-corrected chi connectivity index (χ4v) is 3.21. The Morgan fingerprint density at radius 3 is 2.45 bits per heavy atom. The normalized spacial score (nSPS) is 13.9. The number of carbonyl (C=O) groups excluding carboxylic acids is 1. The molecule has 2 heterocycles. The first kappa shape index (κ1) is 22.6. The Kier molecular flexibility index (Phi) is 7.06. The van der Waals surface area contributed by atoms with Crippen molar-refractivity contribution in [2.24, 2.45) is 0 Å². The molecule has 10 nitrogen and oxygen atoms in total. The molecule has 0 bridgehead atoms. The van der Waals surface area contributed by atoms with E-state index in [1.165, 1.54) is 0 Å². The molecule has 33 heavy (non-hydrogen) atoms. The Labute approximate surface area is 191 Å². The Balaban J connectivity index is 1.34. The van der Waals surface area contributed by atoms with Crippen LogP contribution in [0.15, 0.2) is 48.5 Å². The molecule has 4 rings (SSSR count). The van der Waals surface area contributed by atoms with E-state index in [0.29, 0.717) is 37.6 Å². The maximum atomic E-state index is 12.8. The van der Waals surface area contributed by atoms with Crippen molar-refractivity contribution >= 4 is 23.5 Å². The van der Waals surface area contributed by atoms with E-state index in [1.54, 1.807) is 24.3 Å². The number of aromatic nitrogens is 3. The van der Waals surface area contributed by atoms with Crippen LogP contribution in [0.3, 0.4) is 0 Å². The van der Waals surface area contributed by atoms with Crippen LogP contribution in [-0.2, 0) is 9.47 Å². The summed E-state index contributed by atoms with van der Waals surface area (Å²) in [5.74, 6) is 1.22. The van der Waals surface area contributed by atoms with Gasteiger partial charge in [0.25, 0.3) is 5.91 Å². The van der Waals surface area contributed by atoms with Gasteiger partial charge in [-0.25, -0.2) is 0 Å². The molecule has 0 saturated carbocycles. The number of ether oxygens (including phenoxy) is 4. The standard InChI is InChI=1S/C23H27N5O5/c1-15(2)33-19-7-3-16(4-8-19)21(29)28-22(24)26-23(27-28)25-17-5-9-18(10-6-17)30-12-11-20-31-13-14-32-20/h3-10,15,20H,11-14H2,1-2H3,(H3,24,25,26,27). The van der Waals surface area contributed by atoms with Gasteiger partial charge in [0.15, 0.2) is 6.29 Å². The molecule has 0 unspecified atom stereocenters. The average Bonchev–Trinajstić information content (AvgIpc) is 3.44. The quantitative estimate of drug-likeness (QED) is 0.503. The Morgan fingerprint density at radius 1 is 1.12 bits per heavy atom. The highest BCUT2D eigenvalue weighted by Gasteiger charge is 2.17. The molecule has 2 aromatic carbocycles. The predicted octanol–water partition coefficient (Wildman–Crippen LogP) is 3.22. The van der Waals surface area contributed by atoms with Gasteiger partial charge in [0.05, 0.1) is 25.9 Å². The van der Waals surface area contributed by atoms with Gasteiger partial charge in [-0.3, -0.25) is 4.79 Å². The molecule has 174 valence electrons.